The summed E-state index contributed by atoms with van der Waals surface area (Å²) in [6.45, 7) is 2.08. The number of rotatable bonds is 8. The number of unbranched alkanes of at least 4 members (excludes halogenated alkanes) is 1. The maximum absolute atomic E-state index is 11.4. The molecule has 0 spiro atoms. The molecule has 0 saturated heterocycles. The summed E-state index contributed by atoms with van der Waals surface area (Å²) in [7, 11) is 0. The topological polar surface area (TPSA) is 55.8 Å². The maximum Gasteiger partial charge on any atom is 0.339 e. The lowest BCUT2D eigenvalue weighted by atomic mass is 10.0. The number of aryl methyl sites for hydroxylation is 1. The number of carbonyl (C=O) groups is 1. The Balaban J connectivity index is 2.01. The molecule has 2 rings (SSSR count). The SMILES string of the molecule is CCCCc1ccc(OCOc2ccccc2)c(C(=O)O)c1. The molecule has 0 saturated carbocycles. The van der Waals surface area contributed by atoms with Gasteiger partial charge in [0.1, 0.15) is 17.1 Å². The van der Waals surface area contributed by atoms with E-state index in [0.29, 0.717) is 11.5 Å². The number of hydrogen-bond donors (Lipinski definition) is 1. The van der Waals surface area contributed by atoms with Crippen LogP contribution in [0.1, 0.15) is 35.7 Å². The van der Waals surface area contributed by atoms with Crippen molar-refractivity contribution in [1.29, 1.82) is 0 Å². The Kier molecular flexibility index (Phi) is 5.83. The predicted octanol–water partition coefficient (Wildman–Crippen LogP) is 4.14. The molecule has 4 nitrogen and oxygen atoms in total. The van der Waals surface area contributed by atoms with Crippen molar-refractivity contribution < 1.29 is 19.4 Å². The Morgan fingerprint density at radius 3 is 2.55 bits per heavy atom. The number of para-hydroxylation sites is 1. The second-order valence-electron chi connectivity index (χ2n) is 4.96. The van der Waals surface area contributed by atoms with E-state index >= 15 is 0 Å². The minimum Gasteiger partial charge on any atom is -0.478 e. The van der Waals surface area contributed by atoms with Crippen molar-refractivity contribution in [2.24, 2.45) is 0 Å². The summed E-state index contributed by atoms with van der Waals surface area (Å²) >= 11 is 0. The molecule has 2 aromatic rings. The molecule has 0 fully saturated rings. The first-order valence-electron chi connectivity index (χ1n) is 7.37. The van der Waals surface area contributed by atoms with E-state index in [1.807, 2.05) is 36.4 Å². The van der Waals surface area contributed by atoms with Gasteiger partial charge in [0, 0.05) is 0 Å². The standard InChI is InChI=1S/C18H20O4/c1-2-3-7-14-10-11-17(16(12-14)18(19)20)22-13-21-15-8-5-4-6-9-15/h4-6,8-12H,2-3,7,13H2,1H3,(H,19,20). The average Bonchev–Trinajstić information content (AvgIpc) is 2.54. The normalized spacial score (nSPS) is 10.2. The van der Waals surface area contributed by atoms with Gasteiger partial charge >= 0.3 is 5.97 Å². The van der Waals surface area contributed by atoms with Crippen LogP contribution in [0, 0.1) is 0 Å². The summed E-state index contributed by atoms with van der Waals surface area (Å²) in [5.41, 5.74) is 1.18. The predicted molar refractivity (Wildman–Crippen MR) is 84.6 cm³/mol. The molecule has 0 radical (unpaired) electrons. The van der Waals surface area contributed by atoms with E-state index in [9.17, 15) is 9.90 Å². The number of carboxylic acid groups (broad SMARTS) is 1. The van der Waals surface area contributed by atoms with Crippen LogP contribution in [0.3, 0.4) is 0 Å². The van der Waals surface area contributed by atoms with Crippen molar-refractivity contribution in [2.45, 2.75) is 26.2 Å². The Labute approximate surface area is 130 Å². The van der Waals surface area contributed by atoms with Gasteiger partial charge in [-0.05, 0) is 42.7 Å². The van der Waals surface area contributed by atoms with Gasteiger partial charge in [0.15, 0.2) is 0 Å². The first kappa shape index (κ1) is 15.9. The average molecular weight is 300 g/mol. The molecule has 0 aliphatic heterocycles. The molecular weight excluding hydrogens is 280 g/mol. The molecule has 22 heavy (non-hydrogen) atoms. The number of hydrogen-bond acceptors (Lipinski definition) is 3. The van der Waals surface area contributed by atoms with Gasteiger partial charge in [-0.25, -0.2) is 4.79 Å². The second kappa shape index (κ2) is 8.08. The molecular formula is C18H20O4. The number of carboxylic acids is 1. The van der Waals surface area contributed by atoms with E-state index in [4.69, 9.17) is 9.47 Å². The summed E-state index contributed by atoms with van der Waals surface area (Å²) in [4.78, 5) is 11.4. The van der Waals surface area contributed by atoms with Crippen LogP contribution in [-0.2, 0) is 6.42 Å². The van der Waals surface area contributed by atoms with E-state index in [0.717, 1.165) is 24.8 Å². The highest BCUT2D eigenvalue weighted by Gasteiger charge is 2.12. The van der Waals surface area contributed by atoms with Crippen LogP contribution in [0.4, 0.5) is 0 Å². The molecule has 0 heterocycles. The molecule has 0 aliphatic carbocycles. The molecule has 0 unspecified atom stereocenters. The third kappa shape index (κ3) is 4.52. The quantitative estimate of drug-likeness (QED) is 0.744. The Hall–Kier alpha value is -2.49. The van der Waals surface area contributed by atoms with Gasteiger partial charge in [-0.3, -0.25) is 0 Å². The van der Waals surface area contributed by atoms with Gasteiger partial charge in [0.2, 0.25) is 6.79 Å². The molecule has 4 heteroatoms. The number of ether oxygens (including phenoxy) is 2. The van der Waals surface area contributed by atoms with Crippen molar-refractivity contribution in [2.75, 3.05) is 6.79 Å². The number of benzene rings is 2. The fourth-order valence-corrected chi connectivity index (χ4v) is 2.08. The number of aromatic carboxylic acids is 1. The lowest BCUT2D eigenvalue weighted by Gasteiger charge is -2.11. The molecule has 0 aliphatic rings. The van der Waals surface area contributed by atoms with Crippen LogP contribution in [0.2, 0.25) is 0 Å². The van der Waals surface area contributed by atoms with E-state index in [1.54, 1.807) is 12.1 Å². The van der Waals surface area contributed by atoms with Crippen molar-refractivity contribution in [1.82, 2.24) is 0 Å². The van der Waals surface area contributed by atoms with Crippen molar-refractivity contribution in [3.8, 4) is 11.5 Å². The molecule has 0 atom stereocenters. The van der Waals surface area contributed by atoms with Crippen LogP contribution >= 0.6 is 0 Å². The van der Waals surface area contributed by atoms with Crippen LogP contribution < -0.4 is 9.47 Å². The summed E-state index contributed by atoms with van der Waals surface area (Å²) in [5.74, 6) is 0.00989. The first-order valence-corrected chi connectivity index (χ1v) is 7.37. The highest BCUT2D eigenvalue weighted by atomic mass is 16.7. The molecule has 1 N–H and O–H groups in total. The smallest absolute Gasteiger partial charge is 0.339 e. The van der Waals surface area contributed by atoms with Gasteiger partial charge in [-0.1, -0.05) is 37.6 Å². The van der Waals surface area contributed by atoms with Gasteiger partial charge < -0.3 is 14.6 Å². The van der Waals surface area contributed by atoms with Crippen LogP contribution in [-0.4, -0.2) is 17.9 Å². The Bertz CT molecular complexity index is 608. The van der Waals surface area contributed by atoms with Gasteiger partial charge in [-0.2, -0.15) is 0 Å². The molecule has 0 aromatic heterocycles. The molecule has 0 amide bonds. The summed E-state index contributed by atoms with van der Waals surface area (Å²) < 4.78 is 10.9. The molecule has 0 bridgehead atoms. The third-order valence-electron chi connectivity index (χ3n) is 3.28. The van der Waals surface area contributed by atoms with Crippen LogP contribution in [0.15, 0.2) is 48.5 Å². The maximum atomic E-state index is 11.4. The van der Waals surface area contributed by atoms with E-state index in [-0.39, 0.29) is 12.4 Å². The van der Waals surface area contributed by atoms with Gasteiger partial charge in [0.05, 0.1) is 0 Å². The second-order valence-corrected chi connectivity index (χ2v) is 4.96. The third-order valence-corrected chi connectivity index (χ3v) is 3.28. The molecule has 116 valence electrons. The van der Waals surface area contributed by atoms with Crippen molar-refractivity contribution in [3.05, 3.63) is 59.7 Å². The largest absolute Gasteiger partial charge is 0.478 e. The van der Waals surface area contributed by atoms with Crippen molar-refractivity contribution >= 4 is 5.97 Å². The molecule has 2 aromatic carbocycles. The van der Waals surface area contributed by atoms with Crippen LogP contribution in [0.5, 0.6) is 11.5 Å². The summed E-state index contributed by atoms with van der Waals surface area (Å²) in [6, 6.07) is 14.5. The monoisotopic (exact) mass is 300 g/mol. The van der Waals surface area contributed by atoms with Crippen LogP contribution in [0.25, 0.3) is 0 Å². The first-order chi connectivity index (χ1) is 10.7. The zero-order valence-electron chi connectivity index (χ0n) is 12.6. The van der Waals surface area contributed by atoms with E-state index in [2.05, 4.69) is 6.92 Å². The van der Waals surface area contributed by atoms with E-state index < -0.39 is 5.97 Å². The van der Waals surface area contributed by atoms with Gasteiger partial charge in [-0.15, -0.1) is 0 Å². The van der Waals surface area contributed by atoms with Crippen molar-refractivity contribution in [3.63, 3.8) is 0 Å². The lowest BCUT2D eigenvalue weighted by Crippen LogP contribution is -2.09. The lowest BCUT2D eigenvalue weighted by molar-refractivity contribution is 0.0682. The van der Waals surface area contributed by atoms with Gasteiger partial charge in [0.25, 0.3) is 0 Å². The Morgan fingerprint density at radius 2 is 1.86 bits per heavy atom. The fourth-order valence-electron chi connectivity index (χ4n) is 2.08. The fraction of sp³-hybridized carbons (Fsp3) is 0.278. The Morgan fingerprint density at radius 1 is 1.09 bits per heavy atom. The highest BCUT2D eigenvalue weighted by Crippen LogP contribution is 2.22. The summed E-state index contributed by atoms with van der Waals surface area (Å²) in [5, 5.41) is 9.31. The zero-order chi connectivity index (χ0) is 15.8. The minimum absolute atomic E-state index is 0.0292. The highest BCUT2D eigenvalue weighted by molar-refractivity contribution is 5.91. The minimum atomic E-state index is -0.993. The summed E-state index contributed by atoms with van der Waals surface area (Å²) in [6.07, 6.45) is 2.99. The zero-order valence-corrected chi connectivity index (χ0v) is 12.6. The van der Waals surface area contributed by atoms with E-state index in [1.165, 1.54) is 0 Å².